The summed E-state index contributed by atoms with van der Waals surface area (Å²) >= 11 is 0. The molecule has 0 atom stereocenters. The van der Waals surface area contributed by atoms with E-state index in [1.807, 2.05) is 21.0 Å². The van der Waals surface area contributed by atoms with Crippen molar-refractivity contribution in [3.05, 3.63) is 17.8 Å². The highest BCUT2D eigenvalue weighted by Gasteiger charge is 2.14. The van der Waals surface area contributed by atoms with Crippen LogP contribution in [-0.2, 0) is 4.74 Å². The number of methoxy groups -OCH3 is 1. The van der Waals surface area contributed by atoms with Gasteiger partial charge in [0.1, 0.15) is 0 Å². The maximum absolute atomic E-state index is 11.5. The van der Waals surface area contributed by atoms with Crippen molar-refractivity contribution in [3.8, 4) is 0 Å². The van der Waals surface area contributed by atoms with E-state index in [2.05, 4.69) is 19.5 Å². The zero-order valence-electron chi connectivity index (χ0n) is 12.7. The van der Waals surface area contributed by atoms with Crippen LogP contribution in [0.3, 0.4) is 0 Å². The predicted molar refractivity (Wildman–Crippen MR) is 81.0 cm³/mol. The number of esters is 1. The summed E-state index contributed by atoms with van der Waals surface area (Å²) in [5.74, 6) is 0.199. The van der Waals surface area contributed by atoms with Gasteiger partial charge in [0.25, 0.3) is 0 Å². The van der Waals surface area contributed by atoms with Gasteiger partial charge in [-0.05, 0) is 46.1 Å². The number of nitrogen functional groups attached to an aromatic ring is 1. The summed E-state index contributed by atoms with van der Waals surface area (Å²) in [7, 11) is 5.43. The van der Waals surface area contributed by atoms with Crippen molar-refractivity contribution in [2.75, 3.05) is 51.5 Å². The molecule has 0 saturated carbocycles. The number of rotatable bonds is 7. The lowest BCUT2D eigenvalue weighted by molar-refractivity contribution is 0.0594. The molecule has 0 unspecified atom stereocenters. The fourth-order valence-electron chi connectivity index (χ4n) is 1.92. The maximum Gasteiger partial charge on any atom is 0.356 e. The van der Waals surface area contributed by atoms with Crippen molar-refractivity contribution in [2.45, 2.75) is 13.3 Å². The van der Waals surface area contributed by atoms with Crippen LogP contribution in [0.2, 0.25) is 0 Å². The first kappa shape index (κ1) is 16.2. The van der Waals surface area contributed by atoms with Gasteiger partial charge in [-0.15, -0.1) is 0 Å². The first-order chi connectivity index (χ1) is 9.49. The molecule has 0 aromatic carbocycles. The van der Waals surface area contributed by atoms with E-state index in [9.17, 15) is 4.79 Å². The topological polar surface area (TPSA) is 71.7 Å². The number of nitrogens with zero attached hydrogens (tertiary/aromatic N) is 3. The zero-order valence-corrected chi connectivity index (χ0v) is 12.7. The minimum absolute atomic E-state index is 0.280. The highest BCUT2D eigenvalue weighted by Crippen LogP contribution is 2.21. The van der Waals surface area contributed by atoms with Gasteiger partial charge in [0.05, 0.1) is 12.8 Å². The second-order valence-electron chi connectivity index (χ2n) is 4.84. The average Bonchev–Trinajstić information content (AvgIpc) is 2.43. The lowest BCUT2D eigenvalue weighted by atomic mass is 10.2. The third-order valence-electron chi connectivity index (χ3n) is 3.01. The van der Waals surface area contributed by atoms with Crippen LogP contribution in [0.1, 0.15) is 23.8 Å². The molecule has 1 rings (SSSR count). The van der Waals surface area contributed by atoms with Crippen molar-refractivity contribution in [1.82, 2.24) is 9.88 Å². The van der Waals surface area contributed by atoms with Gasteiger partial charge >= 0.3 is 5.97 Å². The number of hydrogen-bond donors (Lipinski definition) is 1. The van der Waals surface area contributed by atoms with Crippen molar-refractivity contribution >= 4 is 17.5 Å². The Kier molecular flexibility index (Phi) is 6.24. The van der Waals surface area contributed by atoms with E-state index in [0.717, 1.165) is 26.1 Å². The minimum atomic E-state index is -0.449. The van der Waals surface area contributed by atoms with Crippen LogP contribution < -0.4 is 10.6 Å². The van der Waals surface area contributed by atoms with Gasteiger partial charge < -0.3 is 20.3 Å². The Bertz CT molecular complexity index is 449. The largest absolute Gasteiger partial charge is 0.464 e. The molecule has 0 amide bonds. The van der Waals surface area contributed by atoms with Gasteiger partial charge in [-0.2, -0.15) is 0 Å². The molecule has 112 valence electrons. The van der Waals surface area contributed by atoms with Gasteiger partial charge in [-0.3, -0.25) is 0 Å². The fraction of sp³-hybridized carbons (Fsp3) is 0.571. The lowest BCUT2D eigenvalue weighted by Gasteiger charge is -2.24. The second-order valence-corrected chi connectivity index (χ2v) is 4.84. The normalized spacial score (nSPS) is 10.7. The highest BCUT2D eigenvalue weighted by atomic mass is 16.5. The predicted octanol–water partition coefficient (Wildman–Crippen LogP) is 1.23. The molecule has 20 heavy (non-hydrogen) atoms. The monoisotopic (exact) mass is 280 g/mol. The van der Waals surface area contributed by atoms with Crippen molar-refractivity contribution in [1.29, 1.82) is 0 Å². The van der Waals surface area contributed by atoms with Crippen molar-refractivity contribution in [2.24, 2.45) is 0 Å². The Morgan fingerprint density at radius 3 is 2.60 bits per heavy atom. The van der Waals surface area contributed by atoms with Gasteiger partial charge in [-0.1, -0.05) is 0 Å². The van der Waals surface area contributed by atoms with Crippen LogP contribution in [0.25, 0.3) is 0 Å². The zero-order chi connectivity index (χ0) is 15.1. The van der Waals surface area contributed by atoms with E-state index in [4.69, 9.17) is 5.73 Å². The van der Waals surface area contributed by atoms with Gasteiger partial charge in [0.15, 0.2) is 11.5 Å². The van der Waals surface area contributed by atoms with E-state index in [-0.39, 0.29) is 5.69 Å². The quantitative estimate of drug-likeness (QED) is 0.757. The highest BCUT2D eigenvalue weighted by molar-refractivity contribution is 5.88. The lowest BCUT2D eigenvalue weighted by Crippen LogP contribution is -2.29. The van der Waals surface area contributed by atoms with E-state index < -0.39 is 5.97 Å². The minimum Gasteiger partial charge on any atom is -0.464 e. The van der Waals surface area contributed by atoms with E-state index in [1.54, 1.807) is 12.1 Å². The Morgan fingerprint density at radius 1 is 1.35 bits per heavy atom. The fourth-order valence-corrected chi connectivity index (χ4v) is 1.92. The maximum atomic E-state index is 11.5. The summed E-state index contributed by atoms with van der Waals surface area (Å²) < 4.78 is 4.69. The summed E-state index contributed by atoms with van der Waals surface area (Å²) in [6.45, 7) is 4.67. The molecular formula is C14H24N4O2. The van der Waals surface area contributed by atoms with Crippen LogP contribution in [-0.4, -0.2) is 56.7 Å². The molecular weight excluding hydrogens is 256 g/mol. The molecule has 0 saturated heterocycles. The molecule has 1 heterocycles. The molecule has 0 aliphatic carbocycles. The molecule has 1 aromatic heterocycles. The third-order valence-corrected chi connectivity index (χ3v) is 3.01. The van der Waals surface area contributed by atoms with Crippen LogP contribution in [0, 0.1) is 0 Å². The molecule has 2 N–H and O–H groups in total. The number of ether oxygens (including phenoxy) is 1. The number of hydrogen-bond acceptors (Lipinski definition) is 6. The smallest absolute Gasteiger partial charge is 0.356 e. The first-order valence-corrected chi connectivity index (χ1v) is 6.74. The average molecular weight is 280 g/mol. The van der Waals surface area contributed by atoms with Crippen molar-refractivity contribution in [3.63, 3.8) is 0 Å². The summed E-state index contributed by atoms with van der Waals surface area (Å²) in [4.78, 5) is 20.1. The number of pyridine rings is 1. The molecule has 6 heteroatoms. The molecule has 0 aliphatic rings. The standard InChI is InChI=1S/C14H24N4O2/c1-5-18(10-6-9-17(2)3)13-11(15)7-8-12(16-13)14(19)20-4/h7-8H,5-6,9-10,15H2,1-4H3. The molecule has 0 spiro atoms. The summed E-state index contributed by atoms with van der Waals surface area (Å²) in [5, 5.41) is 0. The first-order valence-electron chi connectivity index (χ1n) is 6.74. The Balaban J connectivity index is 2.87. The summed E-state index contributed by atoms with van der Waals surface area (Å²) in [6, 6.07) is 3.28. The number of anilines is 2. The Hall–Kier alpha value is -1.82. The summed E-state index contributed by atoms with van der Waals surface area (Å²) in [6.07, 6.45) is 1.00. The third kappa shape index (κ3) is 4.38. The van der Waals surface area contributed by atoms with Crippen molar-refractivity contribution < 1.29 is 9.53 Å². The Labute approximate surface area is 120 Å². The number of carbonyl (C=O) groups is 1. The van der Waals surface area contributed by atoms with E-state index in [0.29, 0.717) is 11.5 Å². The molecule has 6 nitrogen and oxygen atoms in total. The number of aromatic nitrogens is 1. The van der Waals surface area contributed by atoms with Crippen LogP contribution in [0.4, 0.5) is 11.5 Å². The van der Waals surface area contributed by atoms with Gasteiger partial charge in [0.2, 0.25) is 0 Å². The second kappa shape index (κ2) is 7.69. The Morgan fingerprint density at radius 2 is 2.05 bits per heavy atom. The summed E-state index contributed by atoms with van der Waals surface area (Å²) in [5.41, 5.74) is 6.83. The van der Waals surface area contributed by atoms with Gasteiger partial charge in [-0.25, -0.2) is 9.78 Å². The molecule has 1 aromatic rings. The number of carbonyl (C=O) groups excluding carboxylic acids is 1. The molecule has 0 bridgehead atoms. The van der Waals surface area contributed by atoms with Crippen LogP contribution >= 0.6 is 0 Å². The van der Waals surface area contributed by atoms with Crippen LogP contribution in [0.15, 0.2) is 12.1 Å². The van der Waals surface area contributed by atoms with Crippen LogP contribution in [0.5, 0.6) is 0 Å². The van der Waals surface area contributed by atoms with Gasteiger partial charge in [0, 0.05) is 13.1 Å². The molecule has 0 fully saturated rings. The molecule has 0 aliphatic heterocycles. The van der Waals surface area contributed by atoms with E-state index >= 15 is 0 Å². The number of nitrogens with two attached hydrogens (primary N) is 1. The SMILES string of the molecule is CCN(CCCN(C)C)c1nc(C(=O)OC)ccc1N. The van der Waals surface area contributed by atoms with E-state index in [1.165, 1.54) is 7.11 Å². The molecule has 0 radical (unpaired) electrons.